The summed E-state index contributed by atoms with van der Waals surface area (Å²) in [6.45, 7) is 14.3. The highest BCUT2D eigenvalue weighted by Crippen LogP contribution is 2.42. The van der Waals surface area contributed by atoms with Crippen LogP contribution in [0.2, 0.25) is 0 Å². The van der Waals surface area contributed by atoms with Crippen molar-refractivity contribution < 1.29 is 13.9 Å². The number of fused-ring (bicyclic) bond motifs is 3. The molecule has 0 bridgehead atoms. The summed E-state index contributed by atoms with van der Waals surface area (Å²) in [5.74, 6) is -0.248. The second-order valence-electron chi connectivity index (χ2n) is 12.9. The Hall–Kier alpha value is -3.12. The van der Waals surface area contributed by atoms with E-state index >= 15 is 0 Å². The van der Waals surface area contributed by atoms with Crippen molar-refractivity contribution in [3.05, 3.63) is 63.5 Å². The van der Waals surface area contributed by atoms with Crippen LogP contribution in [0.4, 0.5) is 10.1 Å². The fourth-order valence-corrected chi connectivity index (χ4v) is 6.85. The van der Waals surface area contributed by atoms with Gasteiger partial charge in [0.1, 0.15) is 5.82 Å². The highest BCUT2D eigenvalue weighted by atomic mass is 19.1. The largest absolute Gasteiger partial charge is 0.379 e. The molecule has 2 fully saturated rings. The predicted octanol–water partition coefficient (Wildman–Crippen LogP) is 1.77. The molecule has 3 aliphatic rings. The zero-order valence-corrected chi connectivity index (χ0v) is 25.3. The standard InChI is InChI=1S/C31H42FN7O3/c1-20-15-37(25(14-33-20)16-36-10-11-42-18-21(36)2)17-27(40)38-19-31(3,4)28-26(38)13-23(12-22-6-8-24(32)9-7-22)29-34-30(41)35(5)39(28)29/h6-9,13,20-21,25,33H,10-12,14-19H2,1-5H3/t20-,21-,25-/m1/s1. The van der Waals surface area contributed by atoms with E-state index < -0.39 is 5.41 Å². The number of hydrogen-bond acceptors (Lipinski definition) is 7. The van der Waals surface area contributed by atoms with Gasteiger partial charge in [-0.1, -0.05) is 26.0 Å². The fourth-order valence-electron chi connectivity index (χ4n) is 6.85. The molecule has 0 radical (unpaired) electrons. The molecular weight excluding hydrogens is 537 g/mol. The van der Waals surface area contributed by atoms with Gasteiger partial charge in [0.2, 0.25) is 5.91 Å². The summed E-state index contributed by atoms with van der Waals surface area (Å²) in [5, 5.41) is 3.61. The summed E-state index contributed by atoms with van der Waals surface area (Å²) in [6.07, 6.45) is 0.463. The van der Waals surface area contributed by atoms with Crippen molar-refractivity contribution in [1.29, 1.82) is 0 Å². The Morgan fingerprint density at radius 3 is 2.69 bits per heavy atom. The number of morpholine rings is 1. The zero-order valence-electron chi connectivity index (χ0n) is 25.3. The van der Waals surface area contributed by atoms with Gasteiger partial charge in [-0.15, -0.1) is 0 Å². The highest BCUT2D eigenvalue weighted by Gasteiger charge is 2.43. The van der Waals surface area contributed by atoms with Crippen molar-refractivity contribution >= 4 is 17.2 Å². The number of anilines is 1. The molecule has 3 atom stereocenters. The minimum Gasteiger partial charge on any atom is -0.379 e. The number of halogens is 1. The number of nitrogens with one attached hydrogen (secondary N) is 1. The Bertz CT molecular complexity index is 1530. The Balaban J connectivity index is 1.33. The maximum Gasteiger partial charge on any atom is 0.364 e. The Kier molecular flexibility index (Phi) is 7.71. The van der Waals surface area contributed by atoms with Gasteiger partial charge in [0.15, 0.2) is 5.65 Å². The van der Waals surface area contributed by atoms with Crippen molar-refractivity contribution in [2.45, 2.75) is 57.7 Å². The van der Waals surface area contributed by atoms with E-state index in [0.29, 0.717) is 37.2 Å². The average molecular weight is 580 g/mol. The molecule has 6 rings (SSSR count). The topological polar surface area (TPSA) is 87.4 Å². The summed E-state index contributed by atoms with van der Waals surface area (Å²) in [4.78, 5) is 38.1. The van der Waals surface area contributed by atoms with Crippen LogP contribution in [0.1, 0.15) is 44.5 Å². The first-order valence-electron chi connectivity index (χ1n) is 15.0. The van der Waals surface area contributed by atoms with Crippen LogP contribution in [0.5, 0.6) is 0 Å². The van der Waals surface area contributed by atoms with Crippen LogP contribution in [0.15, 0.2) is 35.1 Å². The second kappa shape index (κ2) is 11.2. The summed E-state index contributed by atoms with van der Waals surface area (Å²) in [5.41, 5.74) is 3.26. The minimum atomic E-state index is -0.401. The third-order valence-electron chi connectivity index (χ3n) is 9.14. The van der Waals surface area contributed by atoms with Gasteiger partial charge in [-0.3, -0.25) is 14.6 Å². The average Bonchev–Trinajstić information content (AvgIpc) is 3.39. The number of aromatic nitrogens is 3. The van der Waals surface area contributed by atoms with Crippen LogP contribution in [-0.2, 0) is 28.4 Å². The van der Waals surface area contributed by atoms with Gasteiger partial charge in [0, 0.05) is 75.3 Å². The number of carbonyl (C=O) groups is 1. The molecule has 2 aromatic heterocycles. The highest BCUT2D eigenvalue weighted by molar-refractivity contribution is 5.97. The van der Waals surface area contributed by atoms with Crippen molar-refractivity contribution in [3.63, 3.8) is 0 Å². The molecule has 1 aromatic carbocycles. The van der Waals surface area contributed by atoms with Crippen molar-refractivity contribution in [2.24, 2.45) is 7.05 Å². The van der Waals surface area contributed by atoms with E-state index in [1.54, 1.807) is 19.2 Å². The Morgan fingerprint density at radius 2 is 1.95 bits per heavy atom. The van der Waals surface area contributed by atoms with E-state index in [2.05, 4.69) is 47.8 Å². The SMILES string of the molecule is C[C@@H]1CN(CC(=O)N2CC(C)(C)c3c2cc(Cc2ccc(F)cc2)c2nc(=O)n(C)n32)[C@@H](CN2CCOC[C@H]2C)CN1. The molecule has 2 saturated heterocycles. The number of amides is 1. The fraction of sp³-hybridized carbons (Fsp3) is 0.581. The molecule has 10 nitrogen and oxygen atoms in total. The number of nitrogens with zero attached hydrogens (tertiary/aromatic N) is 6. The lowest BCUT2D eigenvalue weighted by Gasteiger charge is -2.43. The molecule has 11 heteroatoms. The molecule has 0 spiro atoms. The van der Waals surface area contributed by atoms with Gasteiger partial charge >= 0.3 is 5.69 Å². The van der Waals surface area contributed by atoms with E-state index in [1.807, 2.05) is 15.5 Å². The number of piperazine rings is 1. The first kappa shape index (κ1) is 29.0. The maximum atomic E-state index is 14.2. The summed E-state index contributed by atoms with van der Waals surface area (Å²) >= 11 is 0. The van der Waals surface area contributed by atoms with E-state index in [-0.39, 0.29) is 23.5 Å². The summed E-state index contributed by atoms with van der Waals surface area (Å²) in [6, 6.07) is 9.23. The number of ether oxygens (including phenoxy) is 1. The first-order valence-corrected chi connectivity index (χ1v) is 15.0. The van der Waals surface area contributed by atoms with Crippen molar-refractivity contribution in [3.8, 4) is 0 Å². The van der Waals surface area contributed by atoms with Crippen LogP contribution in [0, 0.1) is 5.82 Å². The van der Waals surface area contributed by atoms with Crippen LogP contribution in [0.25, 0.3) is 5.65 Å². The molecule has 0 aliphatic carbocycles. The van der Waals surface area contributed by atoms with Gasteiger partial charge in [-0.25, -0.2) is 18.4 Å². The molecule has 3 aromatic rings. The van der Waals surface area contributed by atoms with Gasteiger partial charge < -0.3 is 15.0 Å². The number of benzene rings is 1. The van der Waals surface area contributed by atoms with Gasteiger partial charge in [0.25, 0.3) is 0 Å². The van der Waals surface area contributed by atoms with Crippen molar-refractivity contribution in [1.82, 2.24) is 29.3 Å². The number of pyridine rings is 1. The molecule has 5 heterocycles. The van der Waals surface area contributed by atoms with Crippen molar-refractivity contribution in [2.75, 3.05) is 57.4 Å². The molecule has 1 amide bonds. The molecular formula is C31H42FN7O3. The molecule has 3 aliphatic heterocycles. The first-order chi connectivity index (χ1) is 20.0. The monoisotopic (exact) mass is 579 g/mol. The number of carbonyl (C=O) groups excluding carboxylic acids is 1. The third-order valence-corrected chi connectivity index (χ3v) is 9.14. The lowest BCUT2D eigenvalue weighted by atomic mass is 9.90. The van der Waals surface area contributed by atoms with Crippen LogP contribution >= 0.6 is 0 Å². The lowest BCUT2D eigenvalue weighted by Crippen LogP contribution is -2.62. The minimum absolute atomic E-state index is 0.0492. The van der Waals surface area contributed by atoms with Crippen LogP contribution < -0.4 is 15.9 Å². The summed E-state index contributed by atoms with van der Waals surface area (Å²) in [7, 11) is 1.71. The lowest BCUT2D eigenvalue weighted by molar-refractivity contribution is -0.121. The van der Waals surface area contributed by atoms with Crippen LogP contribution in [-0.4, -0.2) is 100 Å². The number of aryl methyl sites for hydroxylation is 1. The molecule has 42 heavy (non-hydrogen) atoms. The van der Waals surface area contributed by atoms with E-state index in [1.165, 1.54) is 16.8 Å². The quantitative estimate of drug-likeness (QED) is 0.477. The molecule has 0 saturated carbocycles. The Labute approximate surface area is 246 Å². The number of hydrogen-bond donors (Lipinski definition) is 1. The molecule has 226 valence electrons. The van der Waals surface area contributed by atoms with E-state index in [4.69, 9.17) is 4.74 Å². The molecule has 0 unspecified atom stereocenters. The number of rotatable bonds is 6. The zero-order chi connectivity index (χ0) is 29.8. The predicted molar refractivity (Wildman–Crippen MR) is 160 cm³/mol. The van der Waals surface area contributed by atoms with Gasteiger partial charge in [-0.2, -0.15) is 4.98 Å². The maximum absolute atomic E-state index is 14.2. The van der Waals surface area contributed by atoms with E-state index in [0.717, 1.165) is 61.9 Å². The molecule has 1 N–H and O–H groups in total. The third kappa shape index (κ3) is 5.39. The second-order valence-corrected chi connectivity index (χ2v) is 12.9. The van der Waals surface area contributed by atoms with Gasteiger partial charge in [0.05, 0.1) is 31.1 Å². The van der Waals surface area contributed by atoms with Gasteiger partial charge in [-0.05, 0) is 37.6 Å². The van der Waals surface area contributed by atoms with Crippen LogP contribution in [0.3, 0.4) is 0 Å². The summed E-state index contributed by atoms with van der Waals surface area (Å²) < 4.78 is 22.7. The van der Waals surface area contributed by atoms with E-state index in [9.17, 15) is 14.0 Å². The normalized spacial score (nSPS) is 24.8. The Morgan fingerprint density at radius 1 is 1.19 bits per heavy atom. The smallest absolute Gasteiger partial charge is 0.364 e.